The van der Waals surface area contributed by atoms with Gasteiger partial charge >= 0.3 is 0 Å². The average molecular weight is 218 g/mol. The minimum absolute atomic E-state index is 0.365. The van der Waals surface area contributed by atoms with Crippen molar-refractivity contribution >= 4 is 0 Å². The molecular formula is C14H22N2. The Hall–Kier alpha value is -0.860. The van der Waals surface area contributed by atoms with Crippen molar-refractivity contribution < 1.29 is 0 Å². The highest BCUT2D eigenvalue weighted by Gasteiger charge is 2.13. The van der Waals surface area contributed by atoms with E-state index in [9.17, 15) is 0 Å². The summed E-state index contributed by atoms with van der Waals surface area (Å²) in [5.74, 6) is 0. The van der Waals surface area contributed by atoms with Gasteiger partial charge in [-0.3, -0.25) is 4.90 Å². The van der Waals surface area contributed by atoms with Crippen molar-refractivity contribution in [1.29, 1.82) is 0 Å². The van der Waals surface area contributed by atoms with Crippen LogP contribution in [-0.2, 0) is 6.54 Å². The molecule has 0 spiro atoms. The lowest BCUT2D eigenvalue weighted by atomic mass is 10.0. The number of hydrogen-bond acceptors (Lipinski definition) is 2. The van der Waals surface area contributed by atoms with E-state index in [0.717, 1.165) is 13.1 Å². The first kappa shape index (κ1) is 11.6. The lowest BCUT2D eigenvalue weighted by Gasteiger charge is -2.28. The number of rotatable bonds is 2. The lowest BCUT2D eigenvalue weighted by Crippen LogP contribution is -2.38. The monoisotopic (exact) mass is 218 g/mol. The normalized spacial score (nSPS) is 23.7. The third-order valence-corrected chi connectivity index (χ3v) is 3.29. The molecule has 0 aromatic heterocycles. The molecule has 0 unspecified atom stereocenters. The second-order valence-corrected chi connectivity index (χ2v) is 4.83. The number of nitrogens with two attached hydrogens (primary N) is 1. The summed E-state index contributed by atoms with van der Waals surface area (Å²) in [5, 5.41) is 0. The van der Waals surface area contributed by atoms with E-state index in [1.54, 1.807) is 0 Å². The molecule has 88 valence electrons. The Balaban J connectivity index is 1.91. The molecule has 0 amide bonds. The zero-order valence-corrected chi connectivity index (χ0v) is 9.94. The van der Waals surface area contributed by atoms with Gasteiger partial charge < -0.3 is 5.73 Å². The number of hydrogen-bond donors (Lipinski definition) is 1. The highest BCUT2D eigenvalue weighted by atomic mass is 15.1. The summed E-state index contributed by atoms with van der Waals surface area (Å²) >= 11 is 0. The molecule has 1 aliphatic heterocycles. The molecule has 2 nitrogen and oxygen atoms in total. The fraction of sp³-hybridized carbons (Fsp3) is 0.571. The van der Waals surface area contributed by atoms with Crippen LogP contribution in [0.1, 0.15) is 31.2 Å². The molecule has 1 fully saturated rings. The largest absolute Gasteiger partial charge is 0.327 e. The van der Waals surface area contributed by atoms with Gasteiger partial charge in [0, 0.05) is 19.1 Å². The van der Waals surface area contributed by atoms with Gasteiger partial charge in [-0.2, -0.15) is 0 Å². The summed E-state index contributed by atoms with van der Waals surface area (Å²) in [6, 6.07) is 11.1. The summed E-state index contributed by atoms with van der Waals surface area (Å²) < 4.78 is 0. The molecule has 0 radical (unpaired) electrons. The fourth-order valence-corrected chi connectivity index (χ4v) is 2.42. The van der Waals surface area contributed by atoms with Gasteiger partial charge in [0.25, 0.3) is 0 Å². The molecule has 1 atom stereocenters. The molecule has 1 saturated heterocycles. The average Bonchev–Trinajstić information content (AvgIpc) is 2.27. The van der Waals surface area contributed by atoms with Crippen molar-refractivity contribution in [2.45, 2.75) is 38.3 Å². The van der Waals surface area contributed by atoms with Crippen molar-refractivity contribution in [2.24, 2.45) is 5.73 Å². The molecule has 2 rings (SSSR count). The van der Waals surface area contributed by atoms with E-state index < -0.39 is 0 Å². The molecule has 2 N–H and O–H groups in total. The SMILES string of the molecule is N[C@H]1CCCCCN(Cc2ccccc2)C1. The third-order valence-electron chi connectivity index (χ3n) is 3.29. The van der Waals surface area contributed by atoms with E-state index >= 15 is 0 Å². The maximum absolute atomic E-state index is 6.11. The molecule has 1 aliphatic rings. The predicted molar refractivity (Wildman–Crippen MR) is 68.2 cm³/mol. The van der Waals surface area contributed by atoms with Crippen LogP contribution in [0.25, 0.3) is 0 Å². The van der Waals surface area contributed by atoms with E-state index in [-0.39, 0.29) is 0 Å². The first-order chi connectivity index (χ1) is 7.84. The maximum atomic E-state index is 6.11. The van der Waals surface area contributed by atoms with Crippen LogP contribution in [0.5, 0.6) is 0 Å². The van der Waals surface area contributed by atoms with E-state index in [2.05, 4.69) is 35.2 Å². The highest BCUT2D eigenvalue weighted by molar-refractivity contribution is 5.14. The number of nitrogens with zero attached hydrogens (tertiary/aromatic N) is 1. The molecule has 1 heterocycles. The third kappa shape index (κ3) is 3.62. The Morgan fingerprint density at radius 1 is 1.12 bits per heavy atom. The molecular weight excluding hydrogens is 196 g/mol. The number of likely N-dealkylation sites (tertiary alicyclic amines) is 1. The zero-order chi connectivity index (χ0) is 11.2. The van der Waals surface area contributed by atoms with Crippen LogP contribution >= 0.6 is 0 Å². The molecule has 16 heavy (non-hydrogen) atoms. The maximum Gasteiger partial charge on any atom is 0.0234 e. The summed E-state index contributed by atoms with van der Waals surface area (Å²) in [7, 11) is 0. The summed E-state index contributed by atoms with van der Waals surface area (Å²) in [4.78, 5) is 2.50. The van der Waals surface area contributed by atoms with Crippen LogP contribution in [0.4, 0.5) is 0 Å². The predicted octanol–water partition coefficient (Wildman–Crippen LogP) is 2.39. The quantitative estimate of drug-likeness (QED) is 0.826. The van der Waals surface area contributed by atoms with Gasteiger partial charge in [0.1, 0.15) is 0 Å². The highest BCUT2D eigenvalue weighted by Crippen LogP contribution is 2.12. The van der Waals surface area contributed by atoms with Gasteiger partial charge in [-0.25, -0.2) is 0 Å². The smallest absolute Gasteiger partial charge is 0.0234 e. The van der Waals surface area contributed by atoms with E-state index in [1.165, 1.54) is 37.8 Å². The molecule has 2 heteroatoms. The Morgan fingerprint density at radius 2 is 1.94 bits per heavy atom. The second-order valence-electron chi connectivity index (χ2n) is 4.83. The molecule has 1 aromatic rings. The molecule has 0 saturated carbocycles. The zero-order valence-electron chi connectivity index (χ0n) is 9.94. The Kier molecular flexibility index (Phi) is 4.37. The summed E-state index contributed by atoms with van der Waals surface area (Å²) in [6.07, 6.45) is 5.14. The molecule has 0 bridgehead atoms. The first-order valence-electron chi connectivity index (χ1n) is 6.36. The van der Waals surface area contributed by atoms with Crippen molar-refractivity contribution in [2.75, 3.05) is 13.1 Å². The van der Waals surface area contributed by atoms with Gasteiger partial charge in [-0.15, -0.1) is 0 Å². The van der Waals surface area contributed by atoms with Crippen molar-refractivity contribution in [1.82, 2.24) is 4.90 Å². The number of benzene rings is 1. The van der Waals surface area contributed by atoms with E-state index in [0.29, 0.717) is 6.04 Å². The van der Waals surface area contributed by atoms with Crippen molar-refractivity contribution in [3.8, 4) is 0 Å². The van der Waals surface area contributed by atoms with Gasteiger partial charge in [-0.05, 0) is 24.9 Å². The summed E-state index contributed by atoms with van der Waals surface area (Å²) in [6.45, 7) is 3.30. The van der Waals surface area contributed by atoms with Gasteiger partial charge in [0.2, 0.25) is 0 Å². The Morgan fingerprint density at radius 3 is 2.75 bits per heavy atom. The van der Waals surface area contributed by atoms with Gasteiger partial charge in [0.05, 0.1) is 0 Å². The van der Waals surface area contributed by atoms with E-state index in [4.69, 9.17) is 5.73 Å². The summed E-state index contributed by atoms with van der Waals surface area (Å²) in [5.41, 5.74) is 7.50. The Bertz CT molecular complexity index is 297. The van der Waals surface area contributed by atoms with E-state index in [1.807, 2.05) is 0 Å². The van der Waals surface area contributed by atoms with Crippen LogP contribution in [-0.4, -0.2) is 24.0 Å². The fourth-order valence-electron chi connectivity index (χ4n) is 2.42. The van der Waals surface area contributed by atoms with Gasteiger partial charge in [0.15, 0.2) is 0 Å². The van der Waals surface area contributed by atoms with Crippen LogP contribution in [0.2, 0.25) is 0 Å². The Labute approximate surface area is 98.4 Å². The second kappa shape index (κ2) is 6.02. The molecule has 0 aliphatic carbocycles. The van der Waals surface area contributed by atoms with Crippen LogP contribution in [0.3, 0.4) is 0 Å². The van der Waals surface area contributed by atoms with Crippen molar-refractivity contribution in [3.05, 3.63) is 35.9 Å². The van der Waals surface area contributed by atoms with Crippen LogP contribution in [0, 0.1) is 0 Å². The topological polar surface area (TPSA) is 29.3 Å². The lowest BCUT2D eigenvalue weighted by molar-refractivity contribution is 0.223. The molecule has 1 aromatic carbocycles. The minimum atomic E-state index is 0.365. The standard InChI is InChI=1S/C14H22N2/c15-14-9-5-2-6-10-16(12-14)11-13-7-3-1-4-8-13/h1,3-4,7-8,14H,2,5-6,9-12,15H2/t14-/m0/s1. The van der Waals surface area contributed by atoms with Crippen LogP contribution in [0.15, 0.2) is 30.3 Å². The van der Waals surface area contributed by atoms with Gasteiger partial charge in [-0.1, -0.05) is 43.2 Å². The minimum Gasteiger partial charge on any atom is -0.327 e. The first-order valence-corrected chi connectivity index (χ1v) is 6.36. The van der Waals surface area contributed by atoms with Crippen molar-refractivity contribution in [3.63, 3.8) is 0 Å². The van der Waals surface area contributed by atoms with Crippen LogP contribution < -0.4 is 5.73 Å².